The molecule has 0 atom stereocenters. The number of rotatable bonds is 6. The fraction of sp³-hybridized carbons (Fsp3) is 0.375. The first-order valence-electron chi connectivity index (χ1n) is 10.8. The summed E-state index contributed by atoms with van der Waals surface area (Å²) in [7, 11) is 3.94. The van der Waals surface area contributed by atoms with Crippen molar-refractivity contribution in [2.75, 3.05) is 30.9 Å². The van der Waals surface area contributed by atoms with Crippen molar-refractivity contribution in [2.45, 2.75) is 31.7 Å². The van der Waals surface area contributed by atoms with Gasteiger partial charge in [-0.2, -0.15) is 4.98 Å². The van der Waals surface area contributed by atoms with Gasteiger partial charge in [-0.05, 0) is 55.9 Å². The molecule has 4 rings (SSSR count). The van der Waals surface area contributed by atoms with E-state index in [0.717, 1.165) is 60.6 Å². The second-order valence-corrected chi connectivity index (χ2v) is 8.51. The Hall–Kier alpha value is -3.29. The third-order valence-electron chi connectivity index (χ3n) is 5.86. The van der Waals surface area contributed by atoms with E-state index in [-0.39, 0.29) is 11.6 Å². The largest absolute Gasteiger partial charge is 0.362 e. The summed E-state index contributed by atoms with van der Waals surface area (Å²) in [5, 5.41) is 7.29. The Balaban J connectivity index is 1.32. The van der Waals surface area contributed by atoms with E-state index >= 15 is 0 Å². The number of benzene rings is 2. The number of amides is 1. The number of halogens is 2. The Morgan fingerprint density at radius 1 is 1.03 bits per heavy atom. The summed E-state index contributed by atoms with van der Waals surface area (Å²) in [5.41, 5.74) is 0.905. The molecule has 1 fully saturated rings. The van der Waals surface area contributed by atoms with E-state index in [4.69, 9.17) is 4.98 Å². The van der Waals surface area contributed by atoms with E-state index in [2.05, 4.69) is 15.6 Å². The highest BCUT2D eigenvalue weighted by atomic mass is 19.1. The van der Waals surface area contributed by atoms with Crippen LogP contribution in [0, 0.1) is 17.6 Å². The van der Waals surface area contributed by atoms with E-state index in [1.165, 1.54) is 0 Å². The van der Waals surface area contributed by atoms with Crippen LogP contribution in [-0.2, 0) is 0 Å². The lowest BCUT2D eigenvalue weighted by molar-refractivity contribution is 0.0942. The molecule has 0 unspecified atom stereocenters. The molecule has 32 heavy (non-hydrogen) atoms. The average molecular weight is 440 g/mol. The maximum absolute atomic E-state index is 13.3. The number of nitrogens with zero attached hydrogens (tertiary/aromatic N) is 3. The van der Waals surface area contributed by atoms with Crippen molar-refractivity contribution in [3.8, 4) is 0 Å². The van der Waals surface area contributed by atoms with E-state index in [1.807, 2.05) is 43.3 Å². The van der Waals surface area contributed by atoms with Crippen LogP contribution in [-0.4, -0.2) is 42.6 Å². The Labute approximate surface area is 186 Å². The Morgan fingerprint density at radius 2 is 1.72 bits per heavy atom. The van der Waals surface area contributed by atoms with Crippen molar-refractivity contribution in [3.63, 3.8) is 0 Å². The number of hydrogen-bond donors (Lipinski definition) is 2. The zero-order valence-electron chi connectivity index (χ0n) is 18.2. The zero-order chi connectivity index (χ0) is 22.7. The van der Waals surface area contributed by atoms with Gasteiger partial charge in [0.15, 0.2) is 0 Å². The summed E-state index contributed by atoms with van der Waals surface area (Å²) in [4.78, 5) is 23.6. The number of aromatic nitrogens is 2. The van der Waals surface area contributed by atoms with Gasteiger partial charge in [0.25, 0.3) is 5.91 Å². The number of nitrogens with one attached hydrogen (secondary N) is 2. The topological polar surface area (TPSA) is 70.2 Å². The minimum atomic E-state index is -0.755. The zero-order valence-corrected chi connectivity index (χ0v) is 18.2. The van der Waals surface area contributed by atoms with Crippen molar-refractivity contribution >= 4 is 28.6 Å². The second-order valence-electron chi connectivity index (χ2n) is 8.51. The Kier molecular flexibility index (Phi) is 6.48. The minimum Gasteiger partial charge on any atom is -0.362 e. The van der Waals surface area contributed by atoms with Crippen LogP contribution in [0.15, 0.2) is 42.5 Å². The highest BCUT2D eigenvalue weighted by Gasteiger charge is 2.23. The fourth-order valence-corrected chi connectivity index (χ4v) is 4.18. The monoisotopic (exact) mass is 439 g/mol. The third-order valence-corrected chi connectivity index (χ3v) is 5.86. The van der Waals surface area contributed by atoms with Crippen molar-refractivity contribution in [2.24, 2.45) is 5.92 Å². The van der Waals surface area contributed by atoms with Crippen LogP contribution >= 0.6 is 0 Å². The molecule has 1 aliphatic carbocycles. The molecule has 2 N–H and O–H groups in total. The van der Waals surface area contributed by atoms with Gasteiger partial charge in [0.2, 0.25) is 5.95 Å². The first kappa shape index (κ1) is 21.9. The molecule has 1 heterocycles. The molecule has 0 aliphatic heterocycles. The summed E-state index contributed by atoms with van der Waals surface area (Å²) < 4.78 is 26.6. The van der Waals surface area contributed by atoms with Crippen LogP contribution in [0.25, 0.3) is 10.9 Å². The fourth-order valence-electron chi connectivity index (χ4n) is 4.18. The number of anilines is 2. The van der Waals surface area contributed by atoms with Crippen molar-refractivity contribution < 1.29 is 13.6 Å². The highest BCUT2D eigenvalue weighted by Crippen LogP contribution is 2.28. The van der Waals surface area contributed by atoms with Gasteiger partial charge in [-0.3, -0.25) is 4.79 Å². The standard InChI is InChI=1S/C24H27F2N5O/c1-31(2)22-20-5-3-4-6-21(20)29-24(30-22)28-19-9-7-15(8-10-19)14-27-23(32)16-11-17(25)13-18(26)12-16/h3-6,11-13,15,19H,7-10,14H2,1-2H3,(H,27,32)(H,28,29,30). The predicted molar refractivity (Wildman–Crippen MR) is 122 cm³/mol. The number of fused-ring (bicyclic) bond motifs is 1. The first-order chi connectivity index (χ1) is 15.4. The van der Waals surface area contributed by atoms with Gasteiger partial charge in [-0.15, -0.1) is 0 Å². The quantitative estimate of drug-likeness (QED) is 0.597. The first-order valence-corrected chi connectivity index (χ1v) is 10.8. The summed E-state index contributed by atoms with van der Waals surface area (Å²) in [6.07, 6.45) is 3.73. The molecule has 0 radical (unpaired) electrons. The number of carbonyl (C=O) groups is 1. The Morgan fingerprint density at radius 3 is 2.41 bits per heavy atom. The van der Waals surface area contributed by atoms with Crippen LogP contribution in [0.1, 0.15) is 36.0 Å². The summed E-state index contributed by atoms with van der Waals surface area (Å²) in [5.74, 6) is -0.139. The number of hydrogen-bond acceptors (Lipinski definition) is 5. The molecular formula is C24H27F2N5O. The molecule has 1 saturated carbocycles. The lowest BCUT2D eigenvalue weighted by Crippen LogP contribution is -2.34. The summed E-state index contributed by atoms with van der Waals surface area (Å²) in [6, 6.07) is 11.1. The molecule has 1 aliphatic rings. The number of para-hydroxylation sites is 1. The van der Waals surface area contributed by atoms with Gasteiger partial charge in [-0.25, -0.2) is 13.8 Å². The van der Waals surface area contributed by atoms with Crippen molar-refractivity contribution in [1.29, 1.82) is 0 Å². The molecule has 2 aromatic carbocycles. The molecule has 6 nitrogen and oxygen atoms in total. The van der Waals surface area contributed by atoms with Gasteiger partial charge >= 0.3 is 0 Å². The molecular weight excluding hydrogens is 412 g/mol. The van der Waals surface area contributed by atoms with E-state index in [1.54, 1.807) is 0 Å². The molecule has 3 aromatic rings. The third kappa shape index (κ3) is 5.12. The minimum absolute atomic E-state index is 0.00278. The van der Waals surface area contributed by atoms with Crippen LogP contribution in [0.5, 0.6) is 0 Å². The maximum atomic E-state index is 13.3. The molecule has 168 valence electrons. The molecule has 1 aromatic heterocycles. The molecule has 8 heteroatoms. The van der Waals surface area contributed by atoms with E-state index in [0.29, 0.717) is 18.4 Å². The van der Waals surface area contributed by atoms with E-state index in [9.17, 15) is 13.6 Å². The van der Waals surface area contributed by atoms with E-state index < -0.39 is 17.5 Å². The lowest BCUT2D eigenvalue weighted by atomic mass is 9.86. The second kappa shape index (κ2) is 9.46. The molecule has 0 saturated heterocycles. The molecule has 0 spiro atoms. The normalized spacial score (nSPS) is 18.4. The van der Waals surface area contributed by atoms with Crippen molar-refractivity contribution in [3.05, 3.63) is 59.7 Å². The molecule has 0 bridgehead atoms. The van der Waals surface area contributed by atoms with Crippen molar-refractivity contribution in [1.82, 2.24) is 15.3 Å². The summed E-state index contributed by atoms with van der Waals surface area (Å²) in [6.45, 7) is 0.487. The van der Waals surface area contributed by atoms with Crippen LogP contribution in [0.4, 0.5) is 20.5 Å². The van der Waals surface area contributed by atoms with Crippen LogP contribution in [0.2, 0.25) is 0 Å². The van der Waals surface area contributed by atoms with Gasteiger partial charge < -0.3 is 15.5 Å². The highest BCUT2D eigenvalue weighted by molar-refractivity contribution is 5.94. The SMILES string of the molecule is CN(C)c1nc(NC2CCC(CNC(=O)c3cc(F)cc(F)c3)CC2)nc2ccccc12. The maximum Gasteiger partial charge on any atom is 0.251 e. The summed E-state index contributed by atoms with van der Waals surface area (Å²) >= 11 is 0. The van der Waals surface area contributed by atoms with Gasteiger partial charge in [0.05, 0.1) is 5.52 Å². The number of carbonyl (C=O) groups excluding carboxylic acids is 1. The van der Waals surface area contributed by atoms with Gasteiger partial charge in [0.1, 0.15) is 17.5 Å². The van der Waals surface area contributed by atoms with Gasteiger partial charge in [-0.1, -0.05) is 12.1 Å². The molecule has 1 amide bonds. The van der Waals surface area contributed by atoms with Crippen LogP contribution < -0.4 is 15.5 Å². The lowest BCUT2D eigenvalue weighted by Gasteiger charge is -2.29. The smallest absolute Gasteiger partial charge is 0.251 e. The predicted octanol–water partition coefficient (Wildman–Crippen LogP) is 4.37. The average Bonchev–Trinajstić information content (AvgIpc) is 2.77. The van der Waals surface area contributed by atoms with Gasteiger partial charge in [0, 0.05) is 43.7 Å². The van der Waals surface area contributed by atoms with Crippen LogP contribution in [0.3, 0.4) is 0 Å². The Bertz CT molecular complexity index is 1090.